The van der Waals surface area contributed by atoms with E-state index in [4.69, 9.17) is 19.5 Å². The Morgan fingerprint density at radius 3 is 2.56 bits per heavy atom. The normalized spacial score (nSPS) is 17.3. The molecule has 6 nitrogen and oxygen atoms in total. The van der Waals surface area contributed by atoms with Crippen LogP contribution in [-0.2, 0) is 4.79 Å². The summed E-state index contributed by atoms with van der Waals surface area (Å²) in [4.78, 5) is 12.4. The first kappa shape index (κ1) is 17.2. The minimum atomic E-state index is -0.690. The summed E-state index contributed by atoms with van der Waals surface area (Å²) in [5.74, 6) is 1.13. The van der Waals surface area contributed by atoms with E-state index in [2.05, 4.69) is 5.32 Å². The van der Waals surface area contributed by atoms with Crippen molar-refractivity contribution in [1.82, 2.24) is 0 Å². The fraction of sp³-hybridized carbons (Fsp3) is 0.333. The highest BCUT2D eigenvalue weighted by Crippen LogP contribution is 2.47. The van der Waals surface area contributed by atoms with Crippen molar-refractivity contribution in [3.8, 4) is 23.3 Å². The number of carbonyl (C=O) groups is 1. The van der Waals surface area contributed by atoms with Gasteiger partial charge < -0.3 is 19.5 Å². The van der Waals surface area contributed by atoms with Gasteiger partial charge in [-0.2, -0.15) is 5.26 Å². The largest absolute Gasteiger partial charge is 0.481 e. The number of nitriles is 1. The first-order valence-corrected chi connectivity index (χ1v) is 9.07. The Morgan fingerprint density at radius 2 is 1.85 bits per heavy atom. The average Bonchev–Trinajstić information content (AvgIpc) is 3.27. The van der Waals surface area contributed by atoms with Crippen LogP contribution in [0.25, 0.3) is 0 Å². The molecule has 1 aliphatic carbocycles. The molecule has 27 heavy (non-hydrogen) atoms. The van der Waals surface area contributed by atoms with Crippen molar-refractivity contribution in [3.05, 3.63) is 48.0 Å². The maximum atomic E-state index is 12.4. The lowest BCUT2D eigenvalue weighted by Crippen LogP contribution is -2.34. The molecule has 0 radical (unpaired) electrons. The van der Waals surface area contributed by atoms with Gasteiger partial charge in [0.1, 0.15) is 5.75 Å². The zero-order valence-electron chi connectivity index (χ0n) is 15.0. The molecule has 0 saturated heterocycles. The Bertz CT molecular complexity index is 895. The van der Waals surface area contributed by atoms with E-state index in [9.17, 15) is 4.79 Å². The van der Waals surface area contributed by atoms with Crippen LogP contribution >= 0.6 is 0 Å². The molecule has 1 N–H and O–H groups in total. The van der Waals surface area contributed by atoms with Gasteiger partial charge in [0, 0.05) is 24.6 Å². The van der Waals surface area contributed by atoms with Crippen LogP contribution < -0.4 is 19.5 Å². The Morgan fingerprint density at radius 1 is 1.15 bits per heavy atom. The standard InChI is InChI=1S/C21H20N2O4/c1-14(25-17-7-4-15(13-22)5-8-17)20(24)23-16-6-9-18-19(12-16)27-21(26-18)10-2-3-11-21/h4-9,12,14H,2-3,10-11H2,1H3,(H,23,24). The molecular formula is C21H20N2O4. The zero-order valence-corrected chi connectivity index (χ0v) is 15.0. The van der Waals surface area contributed by atoms with Crippen LogP contribution in [0.5, 0.6) is 17.2 Å². The van der Waals surface area contributed by atoms with Crippen LogP contribution in [0.1, 0.15) is 38.2 Å². The first-order chi connectivity index (χ1) is 13.1. The van der Waals surface area contributed by atoms with Crippen molar-refractivity contribution in [2.24, 2.45) is 0 Å². The third-order valence-electron chi connectivity index (χ3n) is 4.83. The van der Waals surface area contributed by atoms with E-state index in [1.54, 1.807) is 43.3 Å². The molecule has 1 amide bonds. The average molecular weight is 364 g/mol. The third kappa shape index (κ3) is 3.54. The van der Waals surface area contributed by atoms with E-state index < -0.39 is 11.9 Å². The van der Waals surface area contributed by atoms with Crippen molar-refractivity contribution in [2.75, 3.05) is 5.32 Å². The summed E-state index contributed by atoms with van der Waals surface area (Å²) in [7, 11) is 0. The number of nitrogens with one attached hydrogen (secondary N) is 1. The van der Waals surface area contributed by atoms with Gasteiger partial charge in [-0.1, -0.05) is 0 Å². The Balaban J connectivity index is 1.39. The maximum absolute atomic E-state index is 12.4. The van der Waals surface area contributed by atoms with Gasteiger partial charge >= 0.3 is 0 Å². The number of benzene rings is 2. The molecule has 1 saturated carbocycles. The van der Waals surface area contributed by atoms with Gasteiger partial charge in [-0.15, -0.1) is 0 Å². The predicted octanol–water partition coefficient (Wildman–Crippen LogP) is 4.01. The molecule has 1 heterocycles. The summed E-state index contributed by atoms with van der Waals surface area (Å²) >= 11 is 0. The van der Waals surface area contributed by atoms with Crippen LogP contribution in [-0.4, -0.2) is 17.8 Å². The number of hydrogen-bond donors (Lipinski definition) is 1. The van der Waals surface area contributed by atoms with Gasteiger partial charge in [0.25, 0.3) is 11.7 Å². The SMILES string of the molecule is CC(Oc1ccc(C#N)cc1)C(=O)Nc1ccc2c(c1)OC1(CCCC1)O2. The lowest BCUT2D eigenvalue weighted by atomic mass is 10.2. The van der Waals surface area contributed by atoms with Gasteiger partial charge in [-0.25, -0.2) is 0 Å². The molecule has 2 aliphatic rings. The Kier molecular flexibility index (Phi) is 4.36. The van der Waals surface area contributed by atoms with Gasteiger partial charge in [0.15, 0.2) is 17.6 Å². The summed E-state index contributed by atoms with van der Waals surface area (Å²) in [5, 5.41) is 11.7. The molecule has 0 aromatic heterocycles. The van der Waals surface area contributed by atoms with Crippen LogP contribution in [0.2, 0.25) is 0 Å². The summed E-state index contributed by atoms with van der Waals surface area (Å²) < 4.78 is 17.6. The van der Waals surface area contributed by atoms with Crippen LogP contribution in [0.4, 0.5) is 5.69 Å². The molecule has 138 valence electrons. The molecule has 1 atom stereocenters. The predicted molar refractivity (Wildman–Crippen MR) is 98.8 cm³/mol. The van der Waals surface area contributed by atoms with E-state index in [0.717, 1.165) is 31.4 Å². The number of anilines is 1. The molecule has 6 heteroatoms. The second kappa shape index (κ2) is 6.84. The second-order valence-corrected chi connectivity index (χ2v) is 6.87. The van der Waals surface area contributed by atoms with Crippen molar-refractivity contribution in [2.45, 2.75) is 44.5 Å². The molecule has 1 spiro atoms. The topological polar surface area (TPSA) is 80.6 Å². The smallest absolute Gasteiger partial charge is 0.265 e. The maximum Gasteiger partial charge on any atom is 0.265 e. The molecule has 4 rings (SSSR count). The van der Waals surface area contributed by atoms with E-state index in [0.29, 0.717) is 22.7 Å². The number of ether oxygens (including phenoxy) is 3. The Labute approximate surface area is 157 Å². The summed E-state index contributed by atoms with van der Waals surface area (Å²) in [5.41, 5.74) is 1.17. The van der Waals surface area contributed by atoms with E-state index in [1.807, 2.05) is 12.1 Å². The van der Waals surface area contributed by atoms with Crippen LogP contribution in [0, 0.1) is 11.3 Å². The fourth-order valence-electron chi connectivity index (χ4n) is 3.40. The molecule has 1 fully saturated rings. The van der Waals surface area contributed by atoms with Gasteiger partial charge in [-0.3, -0.25) is 4.79 Å². The molecular weight excluding hydrogens is 344 g/mol. The van der Waals surface area contributed by atoms with Crippen LogP contribution in [0.15, 0.2) is 42.5 Å². The van der Waals surface area contributed by atoms with E-state index in [-0.39, 0.29) is 5.91 Å². The highest BCUT2D eigenvalue weighted by molar-refractivity contribution is 5.94. The van der Waals surface area contributed by atoms with Gasteiger partial charge in [0.2, 0.25) is 0 Å². The third-order valence-corrected chi connectivity index (χ3v) is 4.83. The number of carbonyl (C=O) groups excluding carboxylic acids is 1. The minimum Gasteiger partial charge on any atom is -0.481 e. The molecule has 1 unspecified atom stereocenters. The van der Waals surface area contributed by atoms with E-state index >= 15 is 0 Å². The molecule has 0 bridgehead atoms. The zero-order chi connectivity index (χ0) is 18.9. The highest BCUT2D eigenvalue weighted by Gasteiger charge is 2.44. The number of hydrogen-bond acceptors (Lipinski definition) is 5. The van der Waals surface area contributed by atoms with Gasteiger partial charge in [0.05, 0.1) is 11.6 Å². The van der Waals surface area contributed by atoms with Crippen molar-refractivity contribution in [1.29, 1.82) is 5.26 Å². The number of amides is 1. The first-order valence-electron chi connectivity index (χ1n) is 9.07. The number of nitrogens with zero attached hydrogens (tertiary/aromatic N) is 1. The molecule has 1 aliphatic heterocycles. The lowest BCUT2D eigenvalue weighted by molar-refractivity contribution is -0.122. The van der Waals surface area contributed by atoms with Crippen LogP contribution in [0.3, 0.4) is 0 Å². The molecule has 2 aromatic rings. The van der Waals surface area contributed by atoms with Crippen molar-refractivity contribution in [3.63, 3.8) is 0 Å². The minimum absolute atomic E-state index is 0.270. The van der Waals surface area contributed by atoms with E-state index in [1.165, 1.54) is 0 Å². The van der Waals surface area contributed by atoms with Crippen molar-refractivity contribution >= 4 is 11.6 Å². The van der Waals surface area contributed by atoms with Crippen molar-refractivity contribution < 1.29 is 19.0 Å². The monoisotopic (exact) mass is 364 g/mol. The summed E-state index contributed by atoms with van der Waals surface area (Å²) in [6.45, 7) is 1.67. The molecule has 2 aromatic carbocycles. The van der Waals surface area contributed by atoms with Gasteiger partial charge in [-0.05, 0) is 56.2 Å². The summed E-state index contributed by atoms with van der Waals surface area (Å²) in [6.07, 6.45) is 3.28. The fourth-order valence-corrected chi connectivity index (χ4v) is 3.40. The number of fused-ring (bicyclic) bond motifs is 1. The highest BCUT2D eigenvalue weighted by atomic mass is 16.7. The quantitative estimate of drug-likeness (QED) is 0.887. The summed E-state index contributed by atoms with van der Waals surface area (Å²) in [6, 6.07) is 14.1. The lowest BCUT2D eigenvalue weighted by Gasteiger charge is -2.21. The Hall–Kier alpha value is -3.20. The number of rotatable bonds is 4. The second-order valence-electron chi connectivity index (χ2n) is 6.87.